The number of ketones is 1. The molecule has 0 bridgehead atoms. The molecule has 4 heteroatoms. The number of carbonyl (C=O) groups is 1. The van der Waals surface area contributed by atoms with Crippen LogP contribution in [0.5, 0.6) is 5.75 Å². The highest BCUT2D eigenvalue weighted by molar-refractivity contribution is 6.04. The van der Waals surface area contributed by atoms with Crippen LogP contribution in [0.2, 0.25) is 0 Å². The molecule has 0 aliphatic carbocycles. The summed E-state index contributed by atoms with van der Waals surface area (Å²) < 4.78 is 5.39. The Labute approximate surface area is 114 Å². The Kier molecular flexibility index (Phi) is 4.22. The first-order valence-corrected chi connectivity index (χ1v) is 6.65. The van der Waals surface area contributed by atoms with Gasteiger partial charge in [-0.05, 0) is 38.1 Å². The molecule has 104 valence electrons. The Bertz CT molecular complexity index is 485. The first kappa shape index (κ1) is 14.0. The van der Waals surface area contributed by atoms with Gasteiger partial charge < -0.3 is 10.1 Å². The maximum Gasteiger partial charge on any atom is 0.185 e. The van der Waals surface area contributed by atoms with E-state index in [1.807, 2.05) is 33.0 Å². The summed E-state index contributed by atoms with van der Waals surface area (Å²) in [4.78, 5) is 14.9. The van der Waals surface area contributed by atoms with Crippen molar-refractivity contribution in [3.05, 3.63) is 28.8 Å². The number of ether oxygens (including phenoxy) is 1. The summed E-state index contributed by atoms with van der Waals surface area (Å²) in [6.45, 7) is 6.51. The van der Waals surface area contributed by atoms with Crippen LogP contribution in [0.1, 0.15) is 21.5 Å². The van der Waals surface area contributed by atoms with Gasteiger partial charge in [0.05, 0.1) is 18.7 Å². The van der Waals surface area contributed by atoms with Crippen molar-refractivity contribution in [2.75, 3.05) is 33.8 Å². The van der Waals surface area contributed by atoms with E-state index in [4.69, 9.17) is 4.74 Å². The number of nitrogens with zero attached hydrogens (tertiary/aromatic N) is 1. The summed E-state index contributed by atoms with van der Waals surface area (Å²) in [5, 5.41) is 3.28. The molecule has 19 heavy (non-hydrogen) atoms. The van der Waals surface area contributed by atoms with Crippen LogP contribution in [-0.4, -0.2) is 50.5 Å². The van der Waals surface area contributed by atoms with Gasteiger partial charge in [-0.25, -0.2) is 0 Å². The summed E-state index contributed by atoms with van der Waals surface area (Å²) >= 11 is 0. The number of hydrogen-bond donors (Lipinski definition) is 1. The summed E-state index contributed by atoms with van der Waals surface area (Å²) in [6, 6.07) is 3.85. The fourth-order valence-corrected chi connectivity index (χ4v) is 2.67. The molecule has 0 amide bonds. The van der Waals surface area contributed by atoms with Crippen molar-refractivity contribution in [2.24, 2.45) is 0 Å². The third-order valence-corrected chi connectivity index (χ3v) is 3.72. The van der Waals surface area contributed by atoms with Gasteiger partial charge in [0.1, 0.15) is 5.75 Å². The van der Waals surface area contributed by atoms with Gasteiger partial charge in [-0.1, -0.05) is 6.07 Å². The minimum atomic E-state index is -0.107. The number of nitrogens with one attached hydrogen (secondary N) is 1. The van der Waals surface area contributed by atoms with Crippen LogP contribution in [0.3, 0.4) is 0 Å². The summed E-state index contributed by atoms with van der Waals surface area (Å²) in [5.41, 5.74) is 2.82. The van der Waals surface area contributed by atoms with Crippen LogP contribution in [0.15, 0.2) is 12.1 Å². The van der Waals surface area contributed by atoms with E-state index in [0.717, 1.165) is 24.2 Å². The molecule has 1 saturated heterocycles. The SMILES string of the molecule is COc1cc(C)cc(C)c1C(=O)C1CNCCN1C. The zero-order valence-corrected chi connectivity index (χ0v) is 12.1. The maximum absolute atomic E-state index is 12.8. The van der Waals surface area contributed by atoms with E-state index in [2.05, 4.69) is 10.2 Å². The lowest BCUT2D eigenvalue weighted by Crippen LogP contribution is -2.53. The van der Waals surface area contributed by atoms with E-state index < -0.39 is 0 Å². The quantitative estimate of drug-likeness (QED) is 0.836. The second-order valence-electron chi connectivity index (χ2n) is 5.22. The molecule has 1 aromatic carbocycles. The van der Waals surface area contributed by atoms with Crippen molar-refractivity contribution in [1.29, 1.82) is 0 Å². The van der Waals surface area contributed by atoms with Crippen molar-refractivity contribution in [3.63, 3.8) is 0 Å². The molecule has 1 atom stereocenters. The van der Waals surface area contributed by atoms with Crippen LogP contribution in [-0.2, 0) is 0 Å². The van der Waals surface area contributed by atoms with E-state index in [-0.39, 0.29) is 11.8 Å². The lowest BCUT2D eigenvalue weighted by molar-refractivity contribution is 0.0815. The fourth-order valence-electron chi connectivity index (χ4n) is 2.67. The Hall–Kier alpha value is -1.39. The maximum atomic E-state index is 12.8. The molecule has 4 nitrogen and oxygen atoms in total. The van der Waals surface area contributed by atoms with Crippen LogP contribution >= 0.6 is 0 Å². The number of methoxy groups -OCH3 is 1. The first-order chi connectivity index (χ1) is 9.04. The monoisotopic (exact) mass is 262 g/mol. The number of likely N-dealkylation sites (N-methyl/N-ethyl adjacent to an activating group) is 1. The van der Waals surface area contributed by atoms with Crippen molar-refractivity contribution >= 4 is 5.78 Å². The predicted molar refractivity (Wildman–Crippen MR) is 76.1 cm³/mol. The molecule has 1 aliphatic heterocycles. The molecule has 0 radical (unpaired) electrons. The molecule has 0 aromatic heterocycles. The normalized spacial score (nSPS) is 20.3. The molecule has 1 fully saturated rings. The predicted octanol–water partition coefficient (Wildman–Crippen LogP) is 1.40. The third kappa shape index (κ3) is 2.80. The Morgan fingerprint density at radius 1 is 1.42 bits per heavy atom. The minimum Gasteiger partial charge on any atom is -0.496 e. The summed E-state index contributed by atoms with van der Waals surface area (Å²) in [5.74, 6) is 0.825. The standard InChI is InChI=1S/C15H22N2O2/c1-10-7-11(2)14(13(8-10)19-4)15(18)12-9-16-5-6-17(12)3/h7-8,12,16H,5-6,9H2,1-4H3. The number of hydrogen-bond acceptors (Lipinski definition) is 4. The van der Waals surface area contributed by atoms with Crippen molar-refractivity contribution in [3.8, 4) is 5.75 Å². The molecule has 1 heterocycles. The van der Waals surface area contributed by atoms with Crippen LogP contribution in [0.25, 0.3) is 0 Å². The van der Waals surface area contributed by atoms with Gasteiger partial charge in [0.15, 0.2) is 5.78 Å². The Balaban J connectivity index is 2.37. The second-order valence-corrected chi connectivity index (χ2v) is 5.22. The molecular weight excluding hydrogens is 240 g/mol. The largest absolute Gasteiger partial charge is 0.496 e. The lowest BCUT2D eigenvalue weighted by atomic mass is 9.95. The van der Waals surface area contributed by atoms with Crippen LogP contribution in [0, 0.1) is 13.8 Å². The van der Waals surface area contributed by atoms with E-state index in [0.29, 0.717) is 17.9 Å². The molecule has 1 N–H and O–H groups in total. The number of rotatable bonds is 3. The third-order valence-electron chi connectivity index (χ3n) is 3.72. The highest BCUT2D eigenvalue weighted by Gasteiger charge is 2.29. The number of carbonyl (C=O) groups excluding carboxylic acids is 1. The lowest BCUT2D eigenvalue weighted by Gasteiger charge is -2.32. The Morgan fingerprint density at radius 3 is 2.79 bits per heavy atom. The number of Topliss-reactive ketones (excluding diaryl/α,β-unsaturated/α-hetero) is 1. The zero-order chi connectivity index (χ0) is 14.0. The van der Waals surface area contributed by atoms with Crippen LogP contribution < -0.4 is 10.1 Å². The van der Waals surface area contributed by atoms with Gasteiger partial charge in [0, 0.05) is 19.6 Å². The van der Waals surface area contributed by atoms with Crippen LogP contribution in [0.4, 0.5) is 0 Å². The summed E-state index contributed by atoms with van der Waals surface area (Å²) in [7, 11) is 3.62. The van der Waals surface area contributed by atoms with E-state index >= 15 is 0 Å². The molecule has 1 aliphatic rings. The fraction of sp³-hybridized carbons (Fsp3) is 0.533. The topological polar surface area (TPSA) is 41.6 Å². The first-order valence-electron chi connectivity index (χ1n) is 6.65. The van der Waals surface area contributed by atoms with Gasteiger partial charge in [-0.3, -0.25) is 9.69 Å². The van der Waals surface area contributed by atoms with Gasteiger partial charge in [0.25, 0.3) is 0 Å². The average molecular weight is 262 g/mol. The molecule has 0 saturated carbocycles. The summed E-state index contributed by atoms with van der Waals surface area (Å²) in [6.07, 6.45) is 0. The zero-order valence-electron chi connectivity index (χ0n) is 12.1. The average Bonchev–Trinajstić information content (AvgIpc) is 2.37. The van der Waals surface area contributed by atoms with Crippen molar-refractivity contribution in [2.45, 2.75) is 19.9 Å². The molecule has 1 aromatic rings. The van der Waals surface area contributed by atoms with E-state index in [1.54, 1.807) is 7.11 Å². The number of benzene rings is 1. The van der Waals surface area contributed by atoms with Gasteiger partial charge in [-0.2, -0.15) is 0 Å². The van der Waals surface area contributed by atoms with Gasteiger partial charge in [-0.15, -0.1) is 0 Å². The highest BCUT2D eigenvalue weighted by atomic mass is 16.5. The van der Waals surface area contributed by atoms with Gasteiger partial charge in [0.2, 0.25) is 0 Å². The van der Waals surface area contributed by atoms with Crippen molar-refractivity contribution < 1.29 is 9.53 Å². The molecule has 0 spiro atoms. The highest BCUT2D eigenvalue weighted by Crippen LogP contribution is 2.26. The molecule has 2 rings (SSSR count). The molecule has 1 unspecified atom stereocenters. The minimum absolute atomic E-state index is 0.107. The smallest absolute Gasteiger partial charge is 0.185 e. The van der Waals surface area contributed by atoms with Crippen molar-refractivity contribution in [1.82, 2.24) is 10.2 Å². The van der Waals surface area contributed by atoms with E-state index in [9.17, 15) is 4.79 Å². The molecular formula is C15H22N2O2. The second kappa shape index (κ2) is 5.72. The van der Waals surface area contributed by atoms with Gasteiger partial charge >= 0.3 is 0 Å². The Morgan fingerprint density at radius 2 is 2.16 bits per heavy atom. The number of piperazine rings is 1. The number of aryl methyl sites for hydroxylation is 2. The van der Waals surface area contributed by atoms with E-state index in [1.165, 1.54) is 0 Å².